The van der Waals surface area contributed by atoms with Gasteiger partial charge in [0.15, 0.2) is 0 Å². The molecule has 0 spiro atoms. The van der Waals surface area contributed by atoms with Crippen molar-refractivity contribution in [1.29, 1.82) is 0 Å². The summed E-state index contributed by atoms with van der Waals surface area (Å²) in [6, 6.07) is 5.42. The Morgan fingerprint density at radius 3 is 2.78 bits per heavy atom. The van der Waals surface area contributed by atoms with Crippen molar-refractivity contribution in [2.45, 2.75) is 19.3 Å². The van der Waals surface area contributed by atoms with Gasteiger partial charge >= 0.3 is 10.2 Å². The van der Waals surface area contributed by atoms with Gasteiger partial charge in [0.25, 0.3) is 0 Å². The second kappa shape index (κ2) is 3.84. The van der Waals surface area contributed by atoms with Gasteiger partial charge in [0.2, 0.25) is 0 Å². The molecule has 0 aromatic heterocycles. The fourth-order valence-electron chi connectivity index (χ4n) is 2.14. The first kappa shape index (κ1) is 11.3. The van der Waals surface area contributed by atoms with E-state index < -0.39 is 10.2 Å². The van der Waals surface area contributed by atoms with Crippen molar-refractivity contribution >= 4 is 27.8 Å². The molecule has 1 aliphatic heterocycles. The highest BCUT2D eigenvalue weighted by molar-refractivity contribution is 7.91. The molecule has 3 rings (SSSR count). The molecule has 18 heavy (non-hydrogen) atoms. The number of hydrogen-bond acceptors (Lipinski definition) is 3. The first-order valence-electron chi connectivity index (χ1n) is 5.76. The van der Waals surface area contributed by atoms with Gasteiger partial charge in [0, 0.05) is 5.56 Å². The van der Waals surface area contributed by atoms with E-state index in [0.717, 1.165) is 18.4 Å². The average Bonchev–Trinajstić information content (AvgIpc) is 2.21. The van der Waals surface area contributed by atoms with Gasteiger partial charge in [-0.25, -0.2) is 0 Å². The number of nitrogens with one attached hydrogen (secondary N) is 1. The second-order valence-electron chi connectivity index (χ2n) is 4.48. The summed E-state index contributed by atoms with van der Waals surface area (Å²) in [6.45, 7) is 0. The van der Waals surface area contributed by atoms with Crippen molar-refractivity contribution in [2.24, 2.45) is 10.1 Å². The summed E-state index contributed by atoms with van der Waals surface area (Å²) < 4.78 is 28.7. The highest BCUT2D eigenvalue weighted by Crippen LogP contribution is 2.31. The molecule has 2 aliphatic rings. The number of allylic oxidation sites excluding steroid dienone is 1. The molecule has 1 saturated carbocycles. The third-order valence-corrected chi connectivity index (χ3v) is 4.08. The lowest BCUT2D eigenvalue weighted by Gasteiger charge is -2.20. The van der Waals surface area contributed by atoms with E-state index in [9.17, 15) is 8.42 Å². The van der Waals surface area contributed by atoms with Gasteiger partial charge < -0.3 is 5.73 Å². The van der Waals surface area contributed by atoms with Crippen molar-refractivity contribution in [3.8, 4) is 0 Å². The van der Waals surface area contributed by atoms with Gasteiger partial charge in [-0.1, -0.05) is 23.8 Å². The standard InChI is InChI=1S/C12H13N3O2S/c13-12-11-9(7-8-3-1-4-8)5-2-6-10(11)14-18(16,17)15-12/h2,5-7,14H,1,3-4H2,(H2,13,15). The lowest BCUT2D eigenvalue weighted by Crippen LogP contribution is -2.27. The van der Waals surface area contributed by atoms with Crippen LogP contribution in [0.4, 0.5) is 5.69 Å². The van der Waals surface area contributed by atoms with Crippen LogP contribution in [-0.4, -0.2) is 14.3 Å². The second-order valence-corrected chi connectivity index (χ2v) is 5.82. The van der Waals surface area contributed by atoms with Crippen LogP contribution in [0.5, 0.6) is 0 Å². The predicted octanol–water partition coefficient (Wildman–Crippen LogP) is 1.63. The normalized spacial score (nSPS) is 20.2. The van der Waals surface area contributed by atoms with Gasteiger partial charge in [-0.2, -0.15) is 8.42 Å². The molecule has 1 heterocycles. The molecular weight excluding hydrogens is 250 g/mol. The average molecular weight is 263 g/mol. The Balaban J connectivity index is 2.15. The van der Waals surface area contributed by atoms with Gasteiger partial charge in [-0.15, -0.1) is 4.40 Å². The lowest BCUT2D eigenvalue weighted by molar-refractivity contribution is 0.602. The maximum Gasteiger partial charge on any atom is 0.344 e. The molecule has 0 saturated heterocycles. The van der Waals surface area contributed by atoms with Crippen LogP contribution in [0.2, 0.25) is 0 Å². The molecule has 0 amide bonds. The summed E-state index contributed by atoms with van der Waals surface area (Å²) in [5, 5.41) is 0. The van der Waals surface area contributed by atoms with E-state index >= 15 is 0 Å². The van der Waals surface area contributed by atoms with Crippen molar-refractivity contribution < 1.29 is 8.42 Å². The minimum atomic E-state index is -3.69. The molecule has 1 aromatic rings. The number of rotatable bonds is 1. The van der Waals surface area contributed by atoms with Gasteiger partial charge in [-0.3, -0.25) is 4.72 Å². The summed E-state index contributed by atoms with van der Waals surface area (Å²) in [5.41, 5.74) is 9.22. The maximum atomic E-state index is 11.4. The molecule has 5 nitrogen and oxygen atoms in total. The number of fused-ring (bicyclic) bond motifs is 1. The van der Waals surface area contributed by atoms with E-state index in [2.05, 4.69) is 15.2 Å². The van der Waals surface area contributed by atoms with E-state index in [-0.39, 0.29) is 5.84 Å². The molecule has 0 atom stereocenters. The van der Waals surface area contributed by atoms with Crippen molar-refractivity contribution in [3.05, 3.63) is 34.9 Å². The number of benzene rings is 1. The van der Waals surface area contributed by atoms with Crippen LogP contribution in [0.3, 0.4) is 0 Å². The first-order chi connectivity index (χ1) is 8.55. The van der Waals surface area contributed by atoms with Crippen molar-refractivity contribution in [1.82, 2.24) is 0 Å². The smallest absolute Gasteiger partial charge is 0.344 e. The molecule has 94 valence electrons. The van der Waals surface area contributed by atoms with Crippen LogP contribution in [0.15, 0.2) is 28.2 Å². The zero-order chi connectivity index (χ0) is 12.8. The Kier molecular flexibility index (Phi) is 2.41. The molecule has 6 heteroatoms. The van der Waals surface area contributed by atoms with Crippen LogP contribution < -0.4 is 10.5 Å². The molecule has 0 radical (unpaired) electrons. The SMILES string of the molecule is NC1=NS(=O)(=O)Nc2cccc(C=C3CCC3)c21. The minimum Gasteiger partial charge on any atom is -0.382 e. The maximum absolute atomic E-state index is 11.4. The van der Waals surface area contributed by atoms with Gasteiger partial charge in [0.05, 0.1) is 5.69 Å². The van der Waals surface area contributed by atoms with Crippen LogP contribution >= 0.6 is 0 Å². The largest absolute Gasteiger partial charge is 0.382 e. The molecule has 0 unspecified atom stereocenters. The third kappa shape index (κ3) is 1.88. The van der Waals surface area contributed by atoms with Crippen LogP contribution in [0.1, 0.15) is 30.4 Å². The fourth-order valence-corrected chi connectivity index (χ4v) is 2.99. The Morgan fingerprint density at radius 2 is 2.11 bits per heavy atom. The highest BCUT2D eigenvalue weighted by atomic mass is 32.2. The van der Waals surface area contributed by atoms with E-state index in [1.807, 2.05) is 12.1 Å². The van der Waals surface area contributed by atoms with Gasteiger partial charge in [0.1, 0.15) is 5.84 Å². The minimum absolute atomic E-state index is 0.0514. The van der Waals surface area contributed by atoms with Crippen LogP contribution in [0, 0.1) is 0 Å². The molecule has 1 aliphatic carbocycles. The van der Waals surface area contributed by atoms with E-state index in [4.69, 9.17) is 5.73 Å². The lowest BCUT2D eigenvalue weighted by atomic mass is 9.89. The summed E-state index contributed by atoms with van der Waals surface area (Å²) in [7, 11) is -3.69. The highest BCUT2D eigenvalue weighted by Gasteiger charge is 2.23. The topological polar surface area (TPSA) is 84.5 Å². The summed E-state index contributed by atoms with van der Waals surface area (Å²) in [5.74, 6) is 0.0514. The zero-order valence-electron chi connectivity index (χ0n) is 9.68. The van der Waals surface area contributed by atoms with E-state index in [1.54, 1.807) is 6.07 Å². The summed E-state index contributed by atoms with van der Waals surface area (Å²) in [6.07, 6.45) is 5.50. The van der Waals surface area contributed by atoms with E-state index in [1.165, 1.54) is 12.0 Å². The number of nitrogens with zero attached hydrogens (tertiary/aromatic N) is 1. The fraction of sp³-hybridized carbons (Fsp3) is 0.250. The monoisotopic (exact) mass is 263 g/mol. The van der Waals surface area contributed by atoms with Crippen molar-refractivity contribution in [3.63, 3.8) is 0 Å². The molecule has 1 fully saturated rings. The van der Waals surface area contributed by atoms with E-state index in [0.29, 0.717) is 11.3 Å². The number of anilines is 1. The summed E-state index contributed by atoms with van der Waals surface area (Å²) >= 11 is 0. The zero-order valence-corrected chi connectivity index (χ0v) is 10.5. The summed E-state index contributed by atoms with van der Waals surface area (Å²) in [4.78, 5) is 0. The number of amidine groups is 1. The molecule has 0 bridgehead atoms. The Labute approximate surface area is 106 Å². The number of nitrogens with two attached hydrogens (primary N) is 1. The van der Waals surface area contributed by atoms with Crippen molar-refractivity contribution in [2.75, 3.05) is 4.72 Å². The Hall–Kier alpha value is -1.82. The third-order valence-electron chi connectivity index (χ3n) is 3.17. The Bertz CT molecular complexity index is 669. The molecule has 1 aromatic carbocycles. The Morgan fingerprint density at radius 1 is 1.33 bits per heavy atom. The molecular formula is C12H13N3O2S. The first-order valence-corrected chi connectivity index (χ1v) is 7.20. The predicted molar refractivity (Wildman–Crippen MR) is 71.5 cm³/mol. The van der Waals surface area contributed by atoms with Crippen LogP contribution in [-0.2, 0) is 10.2 Å². The molecule has 3 N–H and O–H groups in total. The quantitative estimate of drug-likeness (QED) is 0.807. The van der Waals surface area contributed by atoms with Gasteiger partial charge in [-0.05, 0) is 30.9 Å². The number of hydrogen-bond donors (Lipinski definition) is 2. The van der Waals surface area contributed by atoms with Crippen LogP contribution in [0.25, 0.3) is 6.08 Å².